The fourth-order valence-electron chi connectivity index (χ4n) is 2.04. The summed E-state index contributed by atoms with van der Waals surface area (Å²) >= 11 is 0. The number of carbonyl (C=O) groups is 1. The molecule has 0 saturated heterocycles. The van der Waals surface area contributed by atoms with Crippen molar-refractivity contribution in [2.24, 2.45) is 0 Å². The summed E-state index contributed by atoms with van der Waals surface area (Å²) in [7, 11) is 0. The van der Waals surface area contributed by atoms with Crippen LogP contribution in [0.15, 0.2) is 39.6 Å². The summed E-state index contributed by atoms with van der Waals surface area (Å²) in [6.07, 6.45) is 0. The minimum Gasteiger partial charge on any atom is -0.361 e. The van der Waals surface area contributed by atoms with Gasteiger partial charge in [0.05, 0.1) is 11.9 Å². The third-order valence-corrected chi connectivity index (χ3v) is 3.02. The van der Waals surface area contributed by atoms with Crippen LogP contribution in [-0.2, 0) is 6.54 Å². The van der Waals surface area contributed by atoms with Crippen LogP contribution in [0.5, 0.6) is 0 Å². The van der Waals surface area contributed by atoms with E-state index >= 15 is 0 Å². The third-order valence-electron chi connectivity index (χ3n) is 3.02. The van der Waals surface area contributed by atoms with Crippen molar-refractivity contribution in [3.8, 4) is 0 Å². The molecule has 2 heterocycles. The van der Waals surface area contributed by atoms with Crippen LogP contribution in [0.2, 0.25) is 0 Å². The molecule has 0 unspecified atom stereocenters. The van der Waals surface area contributed by atoms with Crippen LogP contribution in [0, 0.1) is 6.92 Å². The van der Waals surface area contributed by atoms with E-state index in [1.807, 2.05) is 0 Å². The van der Waals surface area contributed by atoms with Crippen LogP contribution in [0.1, 0.15) is 21.9 Å². The second-order valence-electron chi connectivity index (χ2n) is 4.56. The fourth-order valence-corrected chi connectivity index (χ4v) is 2.04. The minimum absolute atomic E-state index is 0.172. The zero-order valence-corrected chi connectivity index (χ0v) is 11.2. The first-order valence-corrected chi connectivity index (χ1v) is 6.33. The van der Waals surface area contributed by atoms with Crippen LogP contribution in [0.3, 0.4) is 0 Å². The molecule has 0 aliphatic carbocycles. The molecule has 0 aliphatic rings. The number of fused-ring (bicyclic) bond motifs is 1. The number of aromatic nitrogens is 3. The van der Waals surface area contributed by atoms with E-state index in [0.717, 1.165) is 0 Å². The van der Waals surface area contributed by atoms with E-state index in [1.165, 1.54) is 0 Å². The van der Waals surface area contributed by atoms with E-state index in [0.29, 0.717) is 22.2 Å². The standard InChI is InChI=1S/C14H12N4O3/c1-8-6-9(18-21-8)7-15-14(20)12-10-4-2-3-5-11(10)13(19)17-16-12/h2-6H,7H2,1H3,(H,15,20)(H,17,19). The second kappa shape index (κ2) is 5.20. The maximum atomic E-state index is 12.2. The van der Waals surface area contributed by atoms with Gasteiger partial charge in [-0.1, -0.05) is 23.4 Å². The van der Waals surface area contributed by atoms with Crippen molar-refractivity contribution in [2.75, 3.05) is 0 Å². The predicted molar refractivity (Wildman–Crippen MR) is 74.8 cm³/mol. The van der Waals surface area contributed by atoms with E-state index in [4.69, 9.17) is 4.52 Å². The van der Waals surface area contributed by atoms with Gasteiger partial charge in [-0.25, -0.2) is 5.10 Å². The Hall–Kier alpha value is -2.96. The van der Waals surface area contributed by atoms with Gasteiger partial charge in [-0.3, -0.25) is 9.59 Å². The topological polar surface area (TPSA) is 101 Å². The van der Waals surface area contributed by atoms with Crippen LogP contribution in [0.25, 0.3) is 10.8 Å². The van der Waals surface area contributed by atoms with Crippen molar-refractivity contribution in [3.63, 3.8) is 0 Å². The first-order chi connectivity index (χ1) is 10.1. The van der Waals surface area contributed by atoms with Crippen molar-refractivity contribution in [2.45, 2.75) is 13.5 Å². The summed E-state index contributed by atoms with van der Waals surface area (Å²) in [6, 6.07) is 8.55. The van der Waals surface area contributed by atoms with Gasteiger partial charge in [0, 0.05) is 11.5 Å². The van der Waals surface area contributed by atoms with Crippen LogP contribution < -0.4 is 10.9 Å². The molecule has 3 rings (SSSR count). The summed E-state index contributed by atoms with van der Waals surface area (Å²) in [5.41, 5.74) is 0.467. The average molecular weight is 284 g/mol. The highest BCUT2D eigenvalue weighted by Crippen LogP contribution is 2.12. The smallest absolute Gasteiger partial charge is 0.272 e. The molecule has 0 radical (unpaired) electrons. The van der Waals surface area contributed by atoms with Gasteiger partial charge in [0.1, 0.15) is 11.5 Å². The van der Waals surface area contributed by atoms with Gasteiger partial charge >= 0.3 is 0 Å². The molecule has 0 spiro atoms. The van der Waals surface area contributed by atoms with Crippen molar-refractivity contribution >= 4 is 16.7 Å². The summed E-state index contributed by atoms with van der Waals surface area (Å²) < 4.78 is 4.92. The summed E-state index contributed by atoms with van der Waals surface area (Å²) in [5.74, 6) is 0.287. The number of rotatable bonds is 3. The van der Waals surface area contributed by atoms with Gasteiger partial charge in [-0.2, -0.15) is 5.10 Å². The molecule has 0 aliphatic heterocycles. The van der Waals surface area contributed by atoms with Gasteiger partial charge < -0.3 is 9.84 Å². The van der Waals surface area contributed by atoms with Gasteiger partial charge in [0.15, 0.2) is 5.69 Å². The number of benzene rings is 1. The predicted octanol–water partition coefficient (Wildman–Crippen LogP) is 1.15. The second-order valence-corrected chi connectivity index (χ2v) is 4.56. The molecule has 3 aromatic rings. The normalized spacial score (nSPS) is 10.7. The fraction of sp³-hybridized carbons (Fsp3) is 0.143. The molecule has 1 amide bonds. The molecule has 0 fully saturated rings. The number of nitrogens with zero attached hydrogens (tertiary/aromatic N) is 2. The number of hydrogen-bond donors (Lipinski definition) is 2. The van der Waals surface area contributed by atoms with E-state index in [9.17, 15) is 9.59 Å². The van der Waals surface area contributed by atoms with Gasteiger partial charge in [-0.15, -0.1) is 0 Å². The molecular formula is C14H12N4O3. The van der Waals surface area contributed by atoms with E-state index in [-0.39, 0.29) is 23.7 Å². The Kier molecular flexibility index (Phi) is 3.23. The number of amides is 1. The number of aromatic amines is 1. The van der Waals surface area contributed by atoms with Crippen LogP contribution in [-0.4, -0.2) is 21.3 Å². The Morgan fingerprint density at radius 1 is 1.33 bits per heavy atom. The SMILES string of the molecule is Cc1cc(CNC(=O)c2n[nH]c(=O)c3ccccc23)no1. The average Bonchev–Trinajstić information content (AvgIpc) is 2.91. The molecule has 0 atom stereocenters. The zero-order chi connectivity index (χ0) is 14.8. The summed E-state index contributed by atoms with van der Waals surface area (Å²) in [5, 5.41) is 13.6. The Morgan fingerprint density at radius 2 is 2.10 bits per heavy atom. The number of aryl methyl sites for hydroxylation is 1. The lowest BCUT2D eigenvalue weighted by Crippen LogP contribution is -2.26. The quantitative estimate of drug-likeness (QED) is 0.751. The van der Waals surface area contributed by atoms with Crippen molar-refractivity contribution < 1.29 is 9.32 Å². The molecule has 2 N–H and O–H groups in total. The molecule has 0 saturated carbocycles. The highest BCUT2D eigenvalue weighted by Gasteiger charge is 2.14. The number of carbonyl (C=O) groups excluding carboxylic acids is 1. The van der Waals surface area contributed by atoms with Crippen LogP contribution >= 0.6 is 0 Å². The minimum atomic E-state index is -0.386. The monoisotopic (exact) mass is 284 g/mol. The lowest BCUT2D eigenvalue weighted by molar-refractivity contribution is 0.0946. The van der Waals surface area contributed by atoms with E-state index in [2.05, 4.69) is 20.7 Å². The summed E-state index contributed by atoms with van der Waals surface area (Å²) in [4.78, 5) is 23.9. The molecule has 7 nitrogen and oxygen atoms in total. The first kappa shape index (κ1) is 13.0. The van der Waals surface area contributed by atoms with Crippen molar-refractivity contribution in [3.05, 3.63) is 57.8 Å². The Morgan fingerprint density at radius 3 is 2.81 bits per heavy atom. The molecule has 7 heteroatoms. The largest absolute Gasteiger partial charge is 0.361 e. The lowest BCUT2D eigenvalue weighted by atomic mass is 10.1. The van der Waals surface area contributed by atoms with Gasteiger partial charge in [0.25, 0.3) is 11.5 Å². The molecular weight excluding hydrogens is 272 g/mol. The maximum absolute atomic E-state index is 12.2. The maximum Gasteiger partial charge on any atom is 0.272 e. The van der Waals surface area contributed by atoms with Crippen LogP contribution in [0.4, 0.5) is 0 Å². The number of nitrogens with one attached hydrogen (secondary N) is 2. The molecule has 21 heavy (non-hydrogen) atoms. The van der Waals surface area contributed by atoms with Gasteiger partial charge in [-0.05, 0) is 13.0 Å². The Balaban J connectivity index is 1.88. The number of hydrogen-bond acceptors (Lipinski definition) is 5. The highest BCUT2D eigenvalue weighted by atomic mass is 16.5. The molecule has 1 aromatic carbocycles. The van der Waals surface area contributed by atoms with E-state index in [1.54, 1.807) is 37.3 Å². The first-order valence-electron chi connectivity index (χ1n) is 6.33. The molecule has 2 aromatic heterocycles. The summed E-state index contributed by atoms with van der Waals surface area (Å²) in [6.45, 7) is 2.00. The highest BCUT2D eigenvalue weighted by molar-refractivity contribution is 6.04. The van der Waals surface area contributed by atoms with Gasteiger partial charge in [0.2, 0.25) is 0 Å². The van der Waals surface area contributed by atoms with Crippen molar-refractivity contribution in [1.82, 2.24) is 20.7 Å². The lowest BCUT2D eigenvalue weighted by Gasteiger charge is -2.05. The van der Waals surface area contributed by atoms with E-state index < -0.39 is 0 Å². The van der Waals surface area contributed by atoms with Crippen molar-refractivity contribution in [1.29, 1.82) is 0 Å². The molecule has 106 valence electrons. The molecule has 0 bridgehead atoms. The number of H-pyrrole nitrogens is 1. The third kappa shape index (κ3) is 2.53. The Labute approximate surface area is 119 Å². The zero-order valence-electron chi connectivity index (χ0n) is 11.2. The Bertz CT molecular complexity index is 866.